The molecule has 0 heterocycles. The first-order chi connectivity index (χ1) is 7.76. The molecule has 3 nitrogen and oxygen atoms in total. The summed E-state index contributed by atoms with van der Waals surface area (Å²) in [5.74, 6) is 2.26. The molecule has 0 aliphatic heterocycles. The zero-order valence-electron chi connectivity index (χ0n) is 10.0. The van der Waals surface area contributed by atoms with E-state index in [1.807, 2.05) is 6.08 Å². The van der Waals surface area contributed by atoms with Gasteiger partial charge in [0.1, 0.15) is 0 Å². The van der Waals surface area contributed by atoms with Crippen LogP contribution in [-0.2, 0) is 0 Å². The van der Waals surface area contributed by atoms with Crippen LogP contribution in [-0.4, -0.2) is 42.3 Å². The van der Waals surface area contributed by atoms with Crippen molar-refractivity contribution in [3.05, 3.63) is 12.7 Å². The van der Waals surface area contributed by atoms with Crippen molar-refractivity contribution >= 4 is 0 Å². The molecular weight excluding hydrogens is 200 g/mol. The minimum Gasteiger partial charge on any atom is -0.395 e. The van der Waals surface area contributed by atoms with Gasteiger partial charge in [-0.05, 0) is 37.0 Å². The van der Waals surface area contributed by atoms with E-state index in [-0.39, 0.29) is 6.61 Å². The Morgan fingerprint density at radius 3 is 2.69 bits per heavy atom. The SMILES string of the molecule is C=CCN(CCO)CC1C2CCC(C2)C1N. The van der Waals surface area contributed by atoms with Crippen molar-refractivity contribution < 1.29 is 5.11 Å². The summed E-state index contributed by atoms with van der Waals surface area (Å²) in [5, 5.41) is 9.03. The van der Waals surface area contributed by atoms with E-state index >= 15 is 0 Å². The van der Waals surface area contributed by atoms with E-state index in [1.54, 1.807) is 0 Å². The summed E-state index contributed by atoms with van der Waals surface area (Å²) in [6, 6.07) is 0.393. The van der Waals surface area contributed by atoms with E-state index in [9.17, 15) is 0 Å². The Morgan fingerprint density at radius 2 is 2.12 bits per heavy atom. The molecular formula is C13H24N2O. The van der Waals surface area contributed by atoms with E-state index in [0.717, 1.165) is 31.5 Å². The van der Waals surface area contributed by atoms with Gasteiger partial charge in [0.15, 0.2) is 0 Å². The molecule has 3 N–H and O–H groups in total. The first kappa shape index (κ1) is 12.1. The third kappa shape index (κ3) is 2.31. The van der Waals surface area contributed by atoms with Crippen molar-refractivity contribution in [2.45, 2.75) is 25.3 Å². The van der Waals surface area contributed by atoms with Crippen LogP contribution in [0.5, 0.6) is 0 Å². The van der Waals surface area contributed by atoms with Gasteiger partial charge < -0.3 is 10.8 Å². The predicted octanol–water partition coefficient (Wildman–Crippen LogP) is 0.840. The van der Waals surface area contributed by atoms with Crippen LogP contribution in [0.3, 0.4) is 0 Å². The van der Waals surface area contributed by atoms with E-state index in [0.29, 0.717) is 12.0 Å². The van der Waals surface area contributed by atoms with Gasteiger partial charge in [-0.1, -0.05) is 6.08 Å². The minimum atomic E-state index is 0.226. The molecule has 4 unspecified atom stereocenters. The Bertz CT molecular complexity index is 242. The summed E-state index contributed by atoms with van der Waals surface area (Å²) in [4.78, 5) is 2.28. The molecule has 2 fully saturated rings. The van der Waals surface area contributed by atoms with Crippen LogP contribution in [0, 0.1) is 17.8 Å². The standard InChI is InChI=1S/C13H24N2O/c1-2-5-15(6-7-16)9-12-10-3-4-11(8-10)13(12)14/h2,10-13,16H,1,3-9,14H2. The minimum absolute atomic E-state index is 0.226. The fraction of sp³-hybridized carbons (Fsp3) is 0.846. The lowest BCUT2D eigenvalue weighted by Crippen LogP contribution is -2.43. The summed E-state index contributed by atoms with van der Waals surface area (Å²) < 4.78 is 0. The first-order valence-electron chi connectivity index (χ1n) is 6.46. The molecule has 4 atom stereocenters. The zero-order chi connectivity index (χ0) is 11.5. The number of hydrogen-bond donors (Lipinski definition) is 2. The van der Waals surface area contributed by atoms with Gasteiger partial charge in [0.05, 0.1) is 6.61 Å². The lowest BCUT2D eigenvalue weighted by molar-refractivity contribution is 0.155. The van der Waals surface area contributed by atoms with E-state index in [4.69, 9.17) is 10.8 Å². The van der Waals surface area contributed by atoms with Gasteiger partial charge in [-0.15, -0.1) is 6.58 Å². The van der Waals surface area contributed by atoms with Gasteiger partial charge >= 0.3 is 0 Å². The first-order valence-corrected chi connectivity index (χ1v) is 6.46. The number of nitrogens with two attached hydrogens (primary N) is 1. The molecule has 0 radical (unpaired) electrons. The van der Waals surface area contributed by atoms with Gasteiger partial charge in [0.25, 0.3) is 0 Å². The maximum absolute atomic E-state index is 9.03. The molecule has 2 rings (SSSR count). The monoisotopic (exact) mass is 224 g/mol. The highest BCUT2D eigenvalue weighted by atomic mass is 16.3. The number of nitrogens with zero attached hydrogens (tertiary/aromatic N) is 1. The van der Waals surface area contributed by atoms with Gasteiger partial charge in [0, 0.05) is 25.7 Å². The molecule has 3 heteroatoms. The molecule has 0 amide bonds. The molecule has 2 saturated carbocycles. The Hall–Kier alpha value is -0.380. The summed E-state index contributed by atoms with van der Waals surface area (Å²) in [6.07, 6.45) is 5.95. The fourth-order valence-corrected chi connectivity index (χ4v) is 3.61. The van der Waals surface area contributed by atoms with Crippen molar-refractivity contribution in [1.82, 2.24) is 4.90 Å². The molecule has 0 saturated heterocycles. The lowest BCUT2D eigenvalue weighted by Gasteiger charge is -2.32. The molecule has 16 heavy (non-hydrogen) atoms. The predicted molar refractivity (Wildman–Crippen MR) is 66.0 cm³/mol. The highest BCUT2D eigenvalue weighted by Gasteiger charge is 2.45. The average Bonchev–Trinajstić information content (AvgIpc) is 2.83. The Morgan fingerprint density at radius 1 is 1.38 bits per heavy atom. The maximum Gasteiger partial charge on any atom is 0.0558 e. The van der Waals surface area contributed by atoms with Crippen LogP contribution in [0.15, 0.2) is 12.7 Å². The van der Waals surface area contributed by atoms with Crippen molar-refractivity contribution in [3.63, 3.8) is 0 Å². The largest absolute Gasteiger partial charge is 0.395 e. The number of aliphatic hydroxyl groups is 1. The topological polar surface area (TPSA) is 49.5 Å². The maximum atomic E-state index is 9.03. The third-order valence-electron chi connectivity index (χ3n) is 4.43. The zero-order valence-corrected chi connectivity index (χ0v) is 10.0. The van der Waals surface area contributed by atoms with Crippen molar-refractivity contribution in [3.8, 4) is 0 Å². The Kier molecular flexibility index (Phi) is 4.00. The molecule has 0 aromatic heterocycles. The number of rotatable bonds is 6. The molecule has 0 aromatic carbocycles. The van der Waals surface area contributed by atoms with Crippen LogP contribution in [0.1, 0.15) is 19.3 Å². The number of aliphatic hydroxyl groups excluding tert-OH is 1. The highest BCUT2D eigenvalue weighted by molar-refractivity contribution is 5.00. The summed E-state index contributed by atoms with van der Waals surface area (Å²) in [7, 11) is 0. The summed E-state index contributed by atoms with van der Waals surface area (Å²) >= 11 is 0. The van der Waals surface area contributed by atoms with Crippen molar-refractivity contribution in [2.75, 3.05) is 26.2 Å². The second-order valence-electron chi connectivity index (χ2n) is 5.35. The second-order valence-corrected chi connectivity index (χ2v) is 5.35. The average molecular weight is 224 g/mol. The van der Waals surface area contributed by atoms with Gasteiger partial charge in [-0.25, -0.2) is 0 Å². The smallest absolute Gasteiger partial charge is 0.0558 e. The Labute approximate surface area is 98.3 Å². The van der Waals surface area contributed by atoms with Crippen molar-refractivity contribution in [2.24, 2.45) is 23.5 Å². The van der Waals surface area contributed by atoms with Crippen LogP contribution >= 0.6 is 0 Å². The summed E-state index contributed by atoms with van der Waals surface area (Å²) in [5.41, 5.74) is 6.29. The van der Waals surface area contributed by atoms with Gasteiger partial charge in [-0.3, -0.25) is 4.90 Å². The van der Waals surface area contributed by atoms with E-state index < -0.39 is 0 Å². The summed E-state index contributed by atoms with van der Waals surface area (Å²) in [6.45, 7) is 6.64. The molecule has 2 aliphatic rings. The second kappa shape index (κ2) is 5.30. The Balaban J connectivity index is 1.89. The fourth-order valence-electron chi connectivity index (χ4n) is 3.61. The molecule has 92 valence electrons. The van der Waals surface area contributed by atoms with E-state index in [2.05, 4.69) is 11.5 Å². The molecule has 2 bridgehead atoms. The van der Waals surface area contributed by atoms with Crippen LogP contribution in [0.2, 0.25) is 0 Å². The number of hydrogen-bond acceptors (Lipinski definition) is 3. The van der Waals surface area contributed by atoms with E-state index in [1.165, 1.54) is 19.3 Å². The van der Waals surface area contributed by atoms with Crippen molar-refractivity contribution in [1.29, 1.82) is 0 Å². The van der Waals surface area contributed by atoms with Crippen LogP contribution < -0.4 is 5.73 Å². The normalized spacial score (nSPS) is 37.2. The molecule has 0 spiro atoms. The third-order valence-corrected chi connectivity index (χ3v) is 4.43. The lowest BCUT2D eigenvalue weighted by atomic mass is 9.84. The van der Waals surface area contributed by atoms with Crippen LogP contribution in [0.4, 0.5) is 0 Å². The van der Waals surface area contributed by atoms with Gasteiger partial charge in [0.2, 0.25) is 0 Å². The quantitative estimate of drug-likeness (QED) is 0.657. The highest BCUT2D eigenvalue weighted by Crippen LogP contribution is 2.47. The van der Waals surface area contributed by atoms with Crippen LogP contribution in [0.25, 0.3) is 0 Å². The molecule has 0 aromatic rings. The number of fused-ring (bicyclic) bond motifs is 2. The van der Waals surface area contributed by atoms with Gasteiger partial charge in [-0.2, -0.15) is 0 Å². The molecule has 2 aliphatic carbocycles.